The Labute approximate surface area is 143 Å². The van der Waals surface area contributed by atoms with Crippen LogP contribution >= 0.6 is 0 Å². The third-order valence-electron chi connectivity index (χ3n) is 4.90. The van der Waals surface area contributed by atoms with E-state index in [1.165, 1.54) is 16.5 Å². The first-order valence-electron chi connectivity index (χ1n) is 8.76. The standard InChI is InChI=1S/C20H26N2O2/c1-4-15-5-6-19-18(11-15)14(2)9-17(21-19)10-16-12-20(23)22(13-16)7-8-24-3/h5-6,9,11,16H,4,7-8,10,12-13H2,1-3H3. The van der Waals surface area contributed by atoms with Crippen LogP contribution in [0.2, 0.25) is 0 Å². The fourth-order valence-corrected chi connectivity index (χ4v) is 3.54. The fraction of sp³-hybridized carbons (Fsp3) is 0.500. The summed E-state index contributed by atoms with van der Waals surface area (Å²) >= 11 is 0. The molecule has 1 aliphatic rings. The SMILES string of the molecule is CCc1ccc2nc(CC3CC(=O)N(CCOC)C3)cc(C)c2c1. The molecular formula is C20H26N2O2. The molecule has 0 aliphatic carbocycles. The molecule has 24 heavy (non-hydrogen) atoms. The molecule has 2 aromatic rings. The Hall–Kier alpha value is -1.94. The molecule has 2 heterocycles. The minimum Gasteiger partial charge on any atom is -0.383 e. The van der Waals surface area contributed by atoms with E-state index < -0.39 is 0 Å². The highest BCUT2D eigenvalue weighted by Crippen LogP contribution is 2.25. The van der Waals surface area contributed by atoms with E-state index in [2.05, 4.69) is 38.1 Å². The van der Waals surface area contributed by atoms with Gasteiger partial charge in [0.1, 0.15) is 0 Å². The van der Waals surface area contributed by atoms with E-state index >= 15 is 0 Å². The summed E-state index contributed by atoms with van der Waals surface area (Å²) in [5.41, 5.74) is 4.76. The van der Waals surface area contributed by atoms with Crippen LogP contribution in [0.4, 0.5) is 0 Å². The molecule has 0 spiro atoms. The van der Waals surface area contributed by atoms with Crippen LogP contribution in [-0.2, 0) is 22.4 Å². The van der Waals surface area contributed by atoms with Crippen LogP contribution in [0.25, 0.3) is 10.9 Å². The van der Waals surface area contributed by atoms with Crippen LogP contribution in [0.1, 0.15) is 30.2 Å². The zero-order chi connectivity index (χ0) is 17.1. The molecule has 1 aromatic heterocycles. The molecule has 4 nitrogen and oxygen atoms in total. The number of hydrogen-bond donors (Lipinski definition) is 0. The van der Waals surface area contributed by atoms with Crippen LogP contribution in [0.15, 0.2) is 24.3 Å². The van der Waals surface area contributed by atoms with E-state index in [1.54, 1.807) is 7.11 Å². The predicted molar refractivity (Wildman–Crippen MR) is 96.1 cm³/mol. The first-order valence-corrected chi connectivity index (χ1v) is 8.76. The predicted octanol–water partition coefficient (Wildman–Crippen LogP) is 3.14. The lowest BCUT2D eigenvalue weighted by molar-refractivity contribution is -0.128. The Morgan fingerprint density at radius 2 is 2.17 bits per heavy atom. The highest BCUT2D eigenvalue weighted by atomic mass is 16.5. The maximum atomic E-state index is 12.1. The Balaban J connectivity index is 1.75. The van der Waals surface area contributed by atoms with Gasteiger partial charge in [-0.2, -0.15) is 0 Å². The zero-order valence-electron chi connectivity index (χ0n) is 14.8. The first kappa shape index (κ1) is 16.9. The second kappa shape index (κ2) is 7.31. The van der Waals surface area contributed by atoms with Crippen molar-refractivity contribution >= 4 is 16.8 Å². The molecular weight excluding hydrogens is 300 g/mol. The van der Waals surface area contributed by atoms with Crippen LogP contribution < -0.4 is 0 Å². The number of carbonyl (C=O) groups is 1. The van der Waals surface area contributed by atoms with Gasteiger partial charge in [-0.05, 0) is 55.0 Å². The molecule has 0 saturated carbocycles. The molecule has 4 heteroatoms. The molecule has 1 amide bonds. The lowest BCUT2D eigenvalue weighted by atomic mass is 9.99. The monoisotopic (exact) mass is 326 g/mol. The number of pyridine rings is 1. The number of benzene rings is 1. The van der Waals surface area contributed by atoms with Gasteiger partial charge < -0.3 is 9.64 Å². The fourth-order valence-electron chi connectivity index (χ4n) is 3.54. The molecule has 0 bridgehead atoms. The third kappa shape index (κ3) is 3.59. The van der Waals surface area contributed by atoms with Crippen molar-refractivity contribution in [2.24, 2.45) is 5.92 Å². The summed E-state index contributed by atoms with van der Waals surface area (Å²) in [4.78, 5) is 18.8. The summed E-state index contributed by atoms with van der Waals surface area (Å²) in [5, 5.41) is 1.24. The molecule has 1 unspecified atom stereocenters. The van der Waals surface area contributed by atoms with Gasteiger partial charge in [0.15, 0.2) is 0 Å². The second-order valence-electron chi connectivity index (χ2n) is 6.74. The second-order valence-corrected chi connectivity index (χ2v) is 6.74. The molecule has 3 rings (SSSR count). The molecule has 1 fully saturated rings. The number of likely N-dealkylation sites (tertiary alicyclic amines) is 1. The summed E-state index contributed by atoms with van der Waals surface area (Å²) in [5.74, 6) is 0.593. The quantitative estimate of drug-likeness (QED) is 0.819. The van der Waals surface area contributed by atoms with Gasteiger partial charge in [-0.25, -0.2) is 0 Å². The van der Waals surface area contributed by atoms with E-state index in [0.29, 0.717) is 25.5 Å². The molecule has 1 aliphatic heterocycles. The Bertz CT molecular complexity index is 742. The van der Waals surface area contributed by atoms with Gasteiger partial charge in [0.25, 0.3) is 0 Å². The number of carbonyl (C=O) groups excluding carboxylic acids is 1. The van der Waals surface area contributed by atoms with E-state index in [9.17, 15) is 4.79 Å². The number of aryl methyl sites for hydroxylation is 2. The van der Waals surface area contributed by atoms with Gasteiger partial charge in [-0.1, -0.05) is 13.0 Å². The lowest BCUT2D eigenvalue weighted by Gasteiger charge is -2.16. The smallest absolute Gasteiger partial charge is 0.223 e. The summed E-state index contributed by atoms with van der Waals surface area (Å²) in [6.07, 6.45) is 2.53. The molecule has 0 radical (unpaired) electrons. The first-order chi connectivity index (χ1) is 11.6. The van der Waals surface area contributed by atoms with Crippen LogP contribution in [-0.4, -0.2) is 42.6 Å². The van der Waals surface area contributed by atoms with Crippen molar-refractivity contribution in [3.63, 3.8) is 0 Å². The van der Waals surface area contributed by atoms with Gasteiger partial charge in [-0.15, -0.1) is 0 Å². The highest BCUT2D eigenvalue weighted by Gasteiger charge is 2.29. The summed E-state index contributed by atoms with van der Waals surface area (Å²) in [7, 11) is 1.67. The lowest BCUT2D eigenvalue weighted by Crippen LogP contribution is -2.29. The number of nitrogens with zero attached hydrogens (tertiary/aromatic N) is 2. The number of rotatable bonds is 6. The van der Waals surface area contributed by atoms with Gasteiger partial charge in [0, 0.05) is 37.7 Å². The van der Waals surface area contributed by atoms with Crippen molar-refractivity contribution in [3.8, 4) is 0 Å². The number of hydrogen-bond acceptors (Lipinski definition) is 3. The average molecular weight is 326 g/mol. The van der Waals surface area contributed by atoms with Crippen molar-refractivity contribution in [2.75, 3.05) is 26.8 Å². The number of methoxy groups -OCH3 is 1. The van der Waals surface area contributed by atoms with E-state index in [4.69, 9.17) is 9.72 Å². The Morgan fingerprint density at radius 1 is 1.33 bits per heavy atom. The molecule has 1 aromatic carbocycles. The van der Waals surface area contributed by atoms with Gasteiger partial charge in [-0.3, -0.25) is 9.78 Å². The highest BCUT2D eigenvalue weighted by molar-refractivity contribution is 5.83. The van der Waals surface area contributed by atoms with Crippen LogP contribution in [0.3, 0.4) is 0 Å². The number of amides is 1. The maximum absolute atomic E-state index is 12.1. The van der Waals surface area contributed by atoms with Crippen molar-refractivity contribution < 1.29 is 9.53 Å². The summed E-state index contributed by atoms with van der Waals surface area (Å²) in [6, 6.07) is 8.70. The zero-order valence-corrected chi connectivity index (χ0v) is 14.8. The van der Waals surface area contributed by atoms with Gasteiger partial charge in [0.05, 0.1) is 12.1 Å². The van der Waals surface area contributed by atoms with Gasteiger partial charge in [0.2, 0.25) is 5.91 Å². The van der Waals surface area contributed by atoms with Crippen molar-refractivity contribution in [1.29, 1.82) is 0 Å². The maximum Gasteiger partial charge on any atom is 0.223 e. The number of aromatic nitrogens is 1. The molecule has 0 N–H and O–H groups in total. The van der Waals surface area contributed by atoms with Crippen molar-refractivity contribution in [1.82, 2.24) is 9.88 Å². The Morgan fingerprint density at radius 3 is 2.92 bits per heavy atom. The summed E-state index contributed by atoms with van der Waals surface area (Å²) < 4.78 is 5.08. The van der Waals surface area contributed by atoms with Crippen molar-refractivity contribution in [2.45, 2.75) is 33.1 Å². The minimum absolute atomic E-state index is 0.238. The number of ether oxygens (including phenoxy) is 1. The van der Waals surface area contributed by atoms with Crippen molar-refractivity contribution in [3.05, 3.63) is 41.1 Å². The normalized spacial score (nSPS) is 17.9. The van der Waals surface area contributed by atoms with Crippen LogP contribution in [0.5, 0.6) is 0 Å². The summed E-state index contributed by atoms with van der Waals surface area (Å²) in [6.45, 7) is 6.43. The third-order valence-corrected chi connectivity index (χ3v) is 4.90. The van der Waals surface area contributed by atoms with E-state index in [-0.39, 0.29) is 5.91 Å². The molecule has 1 atom stereocenters. The minimum atomic E-state index is 0.238. The molecule has 128 valence electrons. The largest absolute Gasteiger partial charge is 0.383 e. The molecule has 1 saturated heterocycles. The topological polar surface area (TPSA) is 42.4 Å². The van der Waals surface area contributed by atoms with E-state index in [0.717, 1.165) is 30.6 Å². The average Bonchev–Trinajstić information content (AvgIpc) is 2.92. The van der Waals surface area contributed by atoms with Crippen LogP contribution in [0, 0.1) is 12.8 Å². The van der Waals surface area contributed by atoms with E-state index in [1.807, 2.05) is 4.90 Å². The number of fused-ring (bicyclic) bond motifs is 1. The Kier molecular flexibility index (Phi) is 5.14. The van der Waals surface area contributed by atoms with Gasteiger partial charge >= 0.3 is 0 Å².